The van der Waals surface area contributed by atoms with E-state index in [9.17, 15) is 18.0 Å². The van der Waals surface area contributed by atoms with Crippen LogP contribution in [-0.4, -0.2) is 85.6 Å². The molecule has 0 unspecified atom stereocenters. The first-order chi connectivity index (χ1) is 19.0. The lowest BCUT2D eigenvalue weighted by Gasteiger charge is -2.51. The third-order valence-corrected chi connectivity index (χ3v) is 10.5. The van der Waals surface area contributed by atoms with Crippen LogP contribution in [0.25, 0.3) is 0 Å². The van der Waals surface area contributed by atoms with Crippen molar-refractivity contribution in [1.82, 2.24) is 19.7 Å². The second-order valence-corrected chi connectivity index (χ2v) is 14.1. The van der Waals surface area contributed by atoms with E-state index in [1.54, 1.807) is 0 Å². The van der Waals surface area contributed by atoms with Crippen molar-refractivity contribution in [1.29, 1.82) is 0 Å². The summed E-state index contributed by atoms with van der Waals surface area (Å²) in [7, 11) is 0.960. The molecule has 1 aromatic heterocycles. The molecule has 216 valence electrons. The van der Waals surface area contributed by atoms with Gasteiger partial charge in [-0.1, -0.05) is 36.8 Å². The minimum atomic E-state index is -3.36. The molecule has 2 saturated carbocycles. The van der Waals surface area contributed by atoms with E-state index in [4.69, 9.17) is 0 Å². The van der Waals surface area contributed by atoms with E-state index < -0.39 is 9.84 Å². The Bertz CT molecular complexity index is 1320. The van der Waals surface area contributed by atoms with Gasteiger partial charge in [0.1, 0.15) is 5.82 Å². The molecule has 2 aromatic rings. The van der Waals surface area contributed by atoms with E-state index >= 15 is 0 Å². The van der Waals surface area contributed by atoms with E-state index in [0.717, 1.165) is 38.5 Å². The molecular formula is C30H41N5O4S. The largest absolute Gasteiger partial charge is 0.322 e. The first-order valence-electron chi connectivity index (χ1n) is 14.3. The van der Waals surface area contributed by atoms with Gasteiger partial charge in [-0.15, -0.1) is 0 Å². The van der Waals surface area contributed by atoms with Gasteiger partial charge in [0.25, 0.3) is 0 Å². The normalized spacial score (nSPS) is 25.4. The van der Waals surface area contributed by atoms with Crippen molar-refractivity contribution in [3.8, 4) is 0 Å². The summed E-state index contributed by atoms with van der Waals surface area (Å²) < 4.78 is 23.3. The summed E-state index contributed by atoms with van der Waals surface area (Å²) in [5.41, 5.74) is 1.07. The van der Waals surface area contributed by atoms with E-state index in [2.05, 4.69) is 64.5 Å². The predicted molar refractivity (Wildman–Crippen MR) is 155 cm³/mol. The van der Waals surface area contributed by atoms with Crippen molar-refractivity contribution in [2.45, 2.75) is 67.3 Å². The highest BCUT2D eigenvalue weighted by Gasteiger charge is 2.54. The monoisotopic (exact) mass is 567 g/mol. The average molecular weight is 568 g/mol. The molecule has 3 amide bonds. The lowest BCUT2D eigenvalue weighted by atomic mass is 9.68. The number of carbonyl (C=O) groups is 2. The van der Waals surface area contributed by atoms with Gasteiger partial charge in [0.15, 0.2) is 9.84 Å². The van der Waals surface area contributed by atoms with Gasteiger partial charge in [0.2, 0.25) is 5.91 Å². The number of sulfone groups is 1. The molecule has 2 heterocycles. The fourth-order valence-corrected chi connectivity index (χ4v) is 7.24. The van der Waals surface area contributed by atoms with Gasteiger partial charge in [0, 0.05) is 44.0 Å². The number of benzene rings is 1. The van der Waals surface area contributed by atoms with E-state index in [-0.39, 0.29) is 34.3 Å². The molecule has 0 atom stereocenters. The first kappa shape index (κ1) is 28.5. The van der Waals surface area contributed by atoms with Gasteiger partial charge in [-0.3, -0.25) is 9.69 Å². The summed E-state index contributed by atoms with van der Waals surface area (Å²) in [5, 5.41) is 2.73. The van der Waals surface area contributed by atoms with Crippen molar-refractivity contribution < 1.29 is 18.0 Å². The number of aromatic nitrogens is 1. The summed E-state index contributed by atoms with van der Waals surface area (Å²) in [6.45, 7) is 1.79. The summed E-state index contributed by atoms with van der Waals surface area (Å²) >= 11 is 0. The quantitative estimate of drug-likeness (QED) is 0.489. The van der Waals surface area contributed by atoms with E-state index in [1.165, 1.54) is 43.2 Å². The molecule has 1 aromatic carbocycles. The molecular weight excluding hydrogens is 526 g/mol. The number of anilines is 1. The molecule has 1 spiro atoms. The molecule has 1 aliphatic heterocycles. The molecule has 10 heteroatoms. The van der Waals surface area contributed by atoms with Crippen LogP contribution in [0.1, 0.15) is 56.9 Å². The number of carbonyl (C=O) groups excluding carboxylic acids is 2. The Morgan fingerprint density at radius 3 is 2.33 bits per heavy atom. The van der Waals surface area contributed by atoms with Gasteiger partial charge in [-0.25, -0.2) is 18.2 Å². The van der Waals surface area contributed by atoms with E-state index in [1.807, 2.05) is 4.90 Å². The zero-order chi connectivity index (χ0) is 28.5. The molecule has 9 nitrogen and oxygen atoms in total. The van der Waals surface area contributed by atoms with Gasteiger partial charge < -0.3 is 15.1 Å². The number of hydrogen-bond donors (Lipinski definition) is 1. The number of nitrogens with one attached hydrogen (secondary N) is 1. The molecule has 1 N–H and O–H groups in total. The van der Waals surface area contributed by atoms with Crippen LogP contribution in [0.4, 0.5) is 10.6 Å². The van der Waals surface area contributed by atoms with Crippen LogP contribution >= 0.6 is 0 Å². The summed E-state index contributed by atoms with van der Waals surface area (Å²) in [6.07, 6.45) is 9.91. The SMILES string of the molecule is CN(C)[C@]1(c2ccccc2)CC[C@]2(CC1)CN(CCC(=O)Nc1ccc(S(C)(=O)=O)cn1)C(=O)N2CC1CCC1. The van der Waals surface area contributed by atoms with Crippen molar-refractivity contribution in [2.75, 3.05) is 45.3 Å². The molecule has 3 fully saturated rings. The number of amides is 3. The Labute approximate surface area is 237 Å². The fraction of sp³-hybridized carbons (Fsp3) is 0.567. The topological polar surface area (TPSA) is 103 Å². The maximum atomic E-state index is 13.8. The zero-order valence-electron chi connectivity index (χ0n) is 23.8. The van der Waals surface area contributed by atoms with Gasteiger partial charge in [-0.2, -0.15) is 0 Å². The van der Waals surface area contributed by atoms with Crippen molar-refractivity contribution in [3.05, 3.63) is 54.2 Å². The number of hydrogen-bond acceptors (Lipinski definition) is 6. The molecule has 0 bridgehead atoms. The molecule has 1 saturated heterocycles. The fourth-order valence-electron chi connectivity index (χ4n) is 6.68. The number of urea groups is 1. The average Bonchev–Trinajstić information content (AvgIpc) is 3.15. The zero-order valence-corrected chi connectivity index (χ0v) is 24.6. The van der Waals surface area contributed by atoms with Crippen molar-refractivity contribution >= 4 is 27.6 Å². The van der Waals surface area contributed by atoms with Gasteiger partial charge in [-0.05, 0) is 76.2 Å². The third kappa shape index (κ3) is 5.61. The smallest absolute Gasteiger partial charge is 0.320 e. The highest BCUT2D eigenvalue weighted by Crippen LogP contribution is 2.49. The Kier molecular flexibility index (Phi) is 7.94. The standard InChI is InChI=1S/C30H41N5O4S/c1-33(2)30(24-10-5-4-6-11-24)17-15-29(16-18-30)22-34(28(37)35(29)21-23-8-7-9-23)19-14-27(36)32-26-13-12-25(20-31-26)40(3,38)39/h4-6,10-13,20,23H,7-9,14-19,21-22H2,1-3H3,(H,31,32,36)/t29-,30+. The maximum absolute atomic E-state index is 13.8. The second-order valence-electron chi connectivity index (χ2n) is 12.1. The van der Waals surface area contributed by atoms with Gasteiger partial charge >= 0.3 is 6.03 Å². The highest BCUT2D eigenvalue weighted by molar-refractivity contribution is 7.90. The summed E-state index contributed by atoms with van der Waals surface area (Å²) in [6, 6.07) is 13.7. The molecule has 40 heavy (non-hydrogen) atoms. The summed E-state index contributed by atoms with van der Waals surface area (Å²) in [4.78, 5) is 37.0. The number of nitrogens with zero attached hydrogens (tertiary/aromatic N) is 4. The second kappa shape index (κ2) is 11.1. The van der Waals surface area contributed by atoms with Crippen molar-refractivity contribution in [2.24, 2.45) is 5.92 Å². The van der Waals surface area contributed by atoms with Crippen LogP contribution in [-0.2, 0) is 20.2 Å². The van der Waals surface area contributed by atoms with Crippen LogP contribution in [0.3, 0.4) is 0 Å². The first-order valence-corrected chi connectivity index (χ1v) is 16.2. The van der Waals surface area contributed by atoms with E-state index in [0.29, 0.717) is 24.8 Å². The summed E-state index contributed by atoms with van der Waals surface area (Å²) in [5.74, 6) is 0.611. The Hall–Kier alpha value is -2.98. The van der Waals surface area contributed by atoms with Crippen molar-refractivity contribution in [3.63, 3.8) is 0 Å². The molecule has 2 aliphatic carbocycles. The Morgan fingerprint density at radius 1 is 1.07 bits per heavy atom. The third-order valence-electron chi connectivity index (χ3n) is 9.44. The van der Waals surface area contributed by atoms with Crippen LogP contribution < -0.4 is 5.32 Å². The number of pyridine rings is 1. The maximum Gasteiger partial charge on any atom is 0.320 e. The lowest BCUT2D eigenvalue weighted by molar-refractivity contribution is -0.116. The minimum Gasteiger partial charge on any atom is -0.322 e. The minimum absolute atomic E-state index is 0.0485. The predicted octanol–water partition coefficient (Wildman–Crippen LogP) is 4.12. The van der Waals surface area contributed by atoms with Gasteiger partial charge in [0.05, 0.1) is 10.4 Å². The molecule has 0 radical (unpaired) electrons. The van der Waals surface area contributed by atoms with Crippen LogP contribution in [0.15, 0.2) is 53.6 Å². The van der Waals surface area contributed by atoms with Crippen LogP contribution in [0.5, 0.6) is 0 Å². The molecule has 5 rings (SSSR count). The number of rotatable bonds is 9. The highest BCUT2D eigenvalue weighted by atomic mass is 32.2. The molecule has 3 aliphatic rings. The Balaban J connectivity index is 1.26. The lowest BCUT2D eigenvalue weighted by Crippen LogP contribution is -2.56. The van der Waals surface area contributed by atoms with Crippen LogP contribution in [0.2, 0.25) is 0 Å². The van der Waals surface area contributed by atoms with Crippen LogP contribution in [0, 0.1) is 5.92 Å². The Morgan fingerprint density at radius 2 is 1.77 bits per heavy atom.